The van der Waals surface area contributed by atoms with Crippen LogP contribution in [0.2, 0.25) is 0 Å². The summed E-state index contributed by atoms with van der Waals surface area (Å²) >= 11 is 0. The first-order valence-electron chi connectivity index (χ1n) is 19.5. The third kappa shape index (κ3) is 9.32. The maximum atomic E-state index is 14.9. The summed E-state index contributed by atoms with van der Waals surface area (Å²) in [5.41, 5.74) is 11.4. The Kier molecular flexibility index (Phi) is 14.8. The van der Waals surface area contributed by atoms with Crippen molar-refractivity contribution in [2.45, 2.75) is 89.1 Å². The number of amides is 2. The fourth-order valence-electron chi connectivity index (χ4n) is 8.26. The van der Waals surface area contributed by atoms with E-state index in [-0.39, 0.29) is 48.5 Å². The van der Waals surface area contributed by atoms with Gasteiger partial charge >= 0.3 is 0 Å². The Balaban J connectivity index is 0.00000295. The van der Waals surface area contributed by atoms with Gasteiger partial charge in [-0.3, -0.25) is 15.0 Å². The minimum atomic E-state index is -2.77. The van der Waals surface area contributed by atoms with Crippen LogP contribution in [0.15, 0.2) is 53.5 Å². The van der Waals surface area contributed by atoms with Crippen molar-refractivity contribution in [3.63, 3.8) is 0 Å². The van der Waals surface area contributed by atoms with Crippen molar-refractivity contribution in [3.8, 4) is 11.1 Å². The number of hydrogen-bond acceptors (Lipinski definition) is 9. The number of anilines is 1. The number of fused-ring (bicyclic) bond motifs is 2. The van der Waals surface area contributed by atoms with Crippen molar-refractivity contribution < 1.29 is 28.0 Å². The molecule has 2 aromatic rings. The van der Waals surface area contributed by atoms with Gasteiger partial charge in [0.25, 0.3) is 12.3 Å². The summed E-state index contributed by atoms with van der Waals surface area (Å²) in [7, 11) is 3.43. The Bertz CT molecular complexity index is 1850. The second-order valence-corrected chi connectivity index (χ2v) is 14.7. The average Bonchev–Trinajstić information content (AvgIpc) is 3.85. The maximum Gasteiger partial charge on any atom is 0.264 e. The molecule has 1 saturated carbocycles. The molecule has 1 saturated heterocycles. The highest BCUT2D eigenvalue weighted by Crippen LogP contribution is 2.40. The van der Waals surface area contributed by atoms with Gasteiger partial charge in [0.1, 0.15) is 18.9 Å². The van der Waals surface area contributed by atoms with Crippen molar-refractivity contribution in [3.05, 3.63) is 64.6 Å². The van der Waals surface area contributed by atoms with Crippen molar-refractivity contribution in [1.82, 2.24) is 30.6 Å². The van der Waals surface area contributed by atoms with E-state index in [1.54, 1.807) is 23.2 Å². The number of aryl methyl sites for hydroxylation is 1. The van der Waals surface area contributed by atoms with Crippen LogP contribution >= 0.6 is 0 Å². The number of aldehydes is 1. The van der Waals surface area contributed by atoms with Crippen LogP contribution in [0.1, 0.15) is 81.8 Å². The molecule has 4 aliphatic rings. The van der Waals surface area contributed by atoms with Crippen molar-refractivity contribution >= 4 is 42.1 Å². The van der Waals surface area contributed by atoms with Gasteiger partial charge in [-0.2, -0.15) is 5.10 Å². The topological polar surface area (TPSA) is 179 Å². The Labute approximate surface area is 327 Å². The van der Waals surface area contributed by atoms with Crippen LogP contribution in [0, 0.1) is 11.3 Å². The van der Waals surface area contributed by atoms with Gasteiger partial charge in [-0.1, -0.05) is 25.3 Å². The first-order chi connectivity index (χ1) is 27.2. The molecule has 1 aromatic carbocycles. The number of hydrogen-bond donors (Lipinski definition) is 5. The lowest BCUT2D eigenvalue weighted by Crippen LogP contribution is -2.41. The molecule has 0 spiro atoms. The fraction of sp³-hybridized carbons (Fsp3) is 0.512. The van der Waals surface area contributed by atoms with Crippen molar-refractivity contribution in [2.75, 3.05) is 45.2 Å². The largest absolute Gasteiger partial charge is 0.385 e. The van der Waals surface area contributed by atoms with Crippen LogP contribution < -0.4 is 26.6 Å². The normalized spacial score (nSPS) is 19.2. The molecule has 2 aliphatic carbocycles. The molecular weight excluding hydrogens is 721 g/mol. The predicted octanol–water partition coefficient (Wildman–Crippen LogP) is 4.50. The van der Waals surface area contributed by atoms with E-state index in [1.165, 1.54) is 37.3 Å². The monoisotopic (exact) mass is 775 g/mol. The summed E-state index contributed by atoms with van der Waals surface area (Å²) in [4.78, 5) is 48.5. The van der Waals surface area contributed by atoms with E-state index in [2.05, 4.69) is 21.0 Å². The Morgan fingerprint density at radius 2 is 1.91 bits per heavy atom. The molecule has 1 aromatic heterocycles. The van der Waals surface area contributed by atoms with Gasteiger partial charge < -0.3 is 41.1 Å². The van der Waals surface area contributed by atoms with E-state index in [9.17, 15) is 28.6 Å². The van der Waals surface area contributed by atoms with E-state index in [1.807, 2.05) is 30.9 Å². The molecule has 2 fully saturated rings. The number of alkyl halides is 2. The molecule has 2 atom stereocenters. The lowest BCUT2D eigenvalue weighted by molar-refractivity contribution is -0.131. The highest BCUT2D eigenvalue weighted by molar-refractivity contribution is 6.09. The lowest BCUT2D eigenvalue weighted by Gasteiger charge is -2.35. The first-order valence-corrected chi connectivity index (χ1v) is 19.5. The summed E-state index contributed by atoms with van der Waals surface area (Å²) in [6.45, 7) is 3.79. The molecule has 15 heteroatoms. The molecule has 56 heavy (non-hydrogen) atoms. The Morgan fingerprint density at radius 3 is 2.59 bits per heavy atom. The SMILES string of the molecule is C=O.CNCC/C(NC1CCCCC1)=C(\CN)C(=N)N1CCCc2cc(-c3cnn(C4=CCC5CN(C(C=O)CCC(=O)NC)C(=O)C5=C4)c3)c(C(F)F)cc21. The van der Waals surface area contributed by atoms with Crippen molar-refractivity contribution in [2.24, 2.45) is 11.7 Å². The number of nitrogens with one attached hydrogen (secondary N) is 4. The Hall–Kier alpha value is -5.02. The summed E-state index contributed by atoms with van der Waals surface area (Å²) in [6, 6.07) is 2.97. The standard InChI is InChI=1S/C40H53F2N9O3.CH2O/c1-45-15-14-35(48-28-8-4-3-5-9-28)34(20-43)39(44)49-16-6-7-25-17-31(33(38(41)42)19-36(25)49)27-21-47-51(23-27)29-11-10-26-22-50(40(54)32(26)18-29)30(24-52)12-13-37(53)46-2;1-2/h11,17-19,21,23-24,26,28,30,38,44-45,48H,3-10,12-16,20,22,43H2,1-2H3,(H,46,53);1H2/b35-34-,44-39?;. The molecular formula is C41H55F2N9O4. The van der Waals surface area contributed by atoms with Crippen molar-refractivity contribution in [1.29, 1.82) is 5.41 Å². The third-order valence-corrected chi connectivity index (χ3v) is 11.3. The first kappa shape index (κ1) is 42.1. The Morgan fingerprint density at radius 1 is 1.14 bits per heavy atom. The number of halogens is 2. The highest BCUT2D eigenvalue weighted by Gasteiger charge is 2.40. The molecule has 3 heterocycles. The summed E-state index contributed by atoms with van der Waals surface area (Å²) in [5, 5.41) is 23.4. The number of rotatable bonds is 15. The summed E-state index contributed by atoms with van der Waals surface area (Å²) in [6.07, 6.45) is 13.7. The molecule has 2 amide bonds. The molecule has 0 bridgehead atoms. The van der Waals surface area contributed by atoms with Gasteiger partial charge in [0.05, 0.1) is 17.9 Å². The van der Waals surface area contributed by atoms with Crippen LogP contribution in [-0.4, -0.2) is 97.8 Å². The van der Waals surface area contributed by atoms with E-state index in [0.717, 1.165) is 43.4 Å². The fourth-order valence-corrected chi connectivity index (χ4v) is 8.26. The number of carbonyl (C=O) groups excluding carboxylic acids is 4. The lowest BCUT2D eigenvalue weighted by atomic mass is 9.92. The van der Waals surface area contributed by atoms with Gasteiger partial charge in [-0.05, 0) is 74.9 Å². The van der Waals surface area contributed by atoms with Crippen LogP contribution in [-0.2, 0) is 25.6 Å². The van der Waals surface area contributed by atoms with Crippen LogP contribution in [0.5, 0.6) is 0 Å². The van der Waals surface area contributed by atoms with E-state index < -0.39 is 12.5 Å². The van der Waals surface area contributed by atoms with Gasteiger partial charge in [0, 0.05) is 97.9 Å². The molecule has 2 aliphatic heterocycles. The zero-order chi connectivity index (χ0) is 40.4. The van der Waals surface area contributed by atoms with E-state index in [4.69, 9.17) is 10.5 Å². The molecule has 6 rings (SSSR count). The average molecular weight is 776 g/mol. The minimum absolute atomic E-state index is 0.0939. The number of carbonyl (C=O) groups is 4. The number of likely N-dealkylation sites (tertiary alicyclic amines) is 1. The molecule has 13 nitrogen and oxygen atoms in total. The van der Waals surface area contributed by atoms with E-state index >= 15 is 0 Å². The number of aromatic nitrogens is 2. The molecule has 0 radical (unpaired) electrons. The zero-order valence-corrected chi connectivity index (χ0v) is 32.4. The highest BCUT2D eigenvalue weighted by atomic mass is 19.3. The minimum Gasteiger partial charge on any atom is -0.385 e. The molecule has 2 unspecified atom stereocenters. The van der Waals surface area contributed by atoms with Gasteiger partial charge in [-0.25, -0.2) is 13.5 Å². The van der Waals surface area contributed by atoms with Gasteiger partial charge in [0.2, 0.25) is 5.91 Å². The van der Waals surface area contributed by atoms with Crippen LogP contribution in [0.4, 0.5) is 14.5 Å². The zero-order valence-electron chi connectivity index (χ0n) is 32.4. The predicted molar refractivity (Wildman–Crippen MR) is 213 cm³/mol. The third-order valence-electron chi connectivity index (χ3n) is 11.3. The second-order valence-electron chi connectivity index (χ2n) is 14.7. The van der Waals surface area contributed by atoms with Crippen LogP contribution in [0.25, 0.3) is 16.8 Å². The van der Waals surface area contributed by atoms with Crippen LogP contribution in [0.3, 0.4) is 0 Å². The number of amidine groups is 1. The summed E-state index contributed by atoms with van der Waals surface area (Å²) in [5.74, 6) is -0.291. The number of benzene rings is 1. The van der Waals surface area contributed by atoms with Gasteiger partial charge in [0.15, 0.2) is 0 Å². The number of allylic oxidation sites excluding steroid dienone is 3. The second kappa shape index (κ2) is 19.7. The molecule has 6 N–H and O–H groups in total. The van der Waals surface area contributed by atoms with E-state index in [0.29, 0.717) is 72.1 Å². The van der Waals surface area contributed by atoms with Gasteiger partial charge in [-0.15, -0.1) is 0 Å². The molecule has 302 valence electrons. The maximum absolute atomic E-state index is 14.9. The number of nitrogens with zero attached hydrogens (tertiary/aromatic N) is 4. The summed E-state index contributed by atoms with van der Waals surface area (Å²) < 4.78 is 31.4. The number of nitrogens with two attached hydrogens (primary N) is 1. The quantitative estimate of drug-likeness (QED) is 0.0990. The smallest absolute Gasteiger partial charge is 0.264 e.